The Labute approximate surface area is 155 Å². The maximum absolute atomic E-state index is 12.1. The summed E-state index contributed by atoms with van der Waals surface area (Å²) in [7, 11) is 0. The van der Waals surface area contributed by atoms with Crippen LogP contribution >= 0.6 is 11.3 Å². The van der Waals surface area contributed by atoms with E-state index in [9.17, 15) is 9.59 Å². The molecule has 0 radical (unpaired) electrons. The predicted molar refractivity (Wildman–Crippen MR) is 103 cm³/mol. The van der Waals surface area contributed by atoms with Gasteiger partial charge < -0.3 is 10.2 Å². The van der Waals surface area contributed by atoms with E-state index >= 15 is 0 Å². The lowest BCUT2D eigenvalue weighted by Crippen LogP contribution is -2.58. The number of piperazine rings is 1. The van der Waals surface area contributed by atoms with Gasteiger partial charge in [0.1, 0.15) is 0 Å². The molecule has 0 aliphatic carbocycles. The minimum Gasteiger partial charge on any atom is -0.354 e. The van der Waals surface area contributed by atoms with Gasteiger partial charge in [-0.1, -0.05) is 13.0 Å². The number of likely N-dealkylation sites (N-methyl/N-ethyl adjacent to an activating group) is 1. The Kier molecular flexibility index (Phi) is 7.59. The summed E-state index contributed by atoms with van der Waals surface area (Å²) in [4.78, 5) is 29.7. The van der Waals surface area contributed by atoms with E-state index in [1.54, 1.807) is 0 Å². The van der Waals surface area contributed by atoms with Gasteiger partial charge in [0, 0.05) is 51.1 Å². The van der Waals surface area contributed by atoms with Gasteiger partial charge in [0.25, 0.3) is 0 Å². The molecule has 1 N–H and O–H groups in total. The Balaban J connectivity index is 1.65. The molecule has 1 saturated heterocycles. The van der Waals surface area contributed by atoms with Gasteiger partial charge in [0.2, 0.25) is 5.91 Å². The normalized spacial score (nSPS) is 16.8. The smallest absolute Gasteiger partial charge is 0.220 e. The summed E-state index contributed by atoms with van der Waals surface area (Å²) in [5.41, 5.74) is -0.0394. The predicted octanol–water partition coefficient (Wildman–Crippen LogP) is 2.63. The average molecular weight is 366 g/mol. The number of hydrogen-bond acceptors (Lipinski definition) is 5. The van der Waals surface area contributed by atoms with Gasteiger partial charge >= 0.3 is 0 Å². The van der Waals surface area contributed by atoms with Gasteiger partial charge in [-0.3, -0.25) is 14.5 Å². The van der Waals surface area contributed by atoms with Gasteiger partial charge in [-0.25, -0.2) is 0 Å². The minimum absolute atomic E-state index is 0.0394. The molecule has 1 aliphatic heterocycles. The molecule has 0 bridgehead atoms. The van der Waals surface area contributed by atoms with Crippen molar-refractivity contribution in [2.24, 2.45) is 0 Å². The highest BCUT2D eigenvalue weighted by molar-refractivity contribution is 7.12. The van der Waals surface area contributed by atoms with Crippen LogP contribution in [-0.2, 0) is 4.79 Å². The summed E-state index contributed by atoms with van der Waals surface area (Å²) < 4.78 is 0. The van der Waals surface area contributed by atoms with Crippen LogP contribution in [0.4, 0.5) is 0 Å². The maximum atomic E-state index is 12.1. The summed E-state index contributed by atoms with van der Waals surface area (Å²) in [6.07, 6.45) is 1.46. The molecule has 1 fully saturated rings. The highest BCUT2D eigenvalue weighted by Crippen LogP contribution is 2.16. The van der Waals surface area contributed by atoms with Crippen LogP contribution in [0.15, 0.2) is 17.5 Å². The second kappa shape index (κ2) is 9.46. The Morgan fingerprint density at radius 1 is 1.20 bits per heavy atom. The fraction of sp³-hybridized carbons (Fsp3) is 0.684. The molecule has 140 valence electrons. The highest BCUT2D eigenvalue weighted by Gasteiger charge is 2.29. The Bertz CT molecular complexity index is 549. The van der Waals surface area contributed by atoms with Crippen molar-refractivity contribution in [3.05, 3.63) is 22.4 Å². The molecule has 0 aromatic carbocycles. The SMILES string of the molecule is CCN1CCN(C(C)(C)CNC(=O)CCCC(=O)c2cccs2)CC1. The minimum atomic E-state index is -0.0394. The number of carbonyl (C=O) groups is 2. The van der Waals surface area contributed by atoms with E-state index < -0.39 is 0 Å². The van der Waals surface area contributed by atoms with E-state index in [0.29, 0.717) is 25.8 Å². The quantitative estimate of drug-likeness (QED) is 0.684. The zero-order valence-corrected chi connectivity index (χ0v) is 16.5. The number of nitrogens with zero attached hydrogens (tertiary/aromatic N) is 2. The number of ketones is 1. The molecule has 6 heteroatoms. The first-order valence-electron chi connectivity index (χ1n) is 9.23. The van der Waals surface area contributed by atoms with Crippen LogP contribution in [0.3, 0.4) is 0 Å². The molecular formula is C19H31N3O2S. The molecule has 25 heavy (non-hydrogen) atoms. The topological polar surface area (TPSA) is 52.6 Å². The molecule has 1 amide bonds. The van der Waals surface area contributed by atoms with Crippen LogP contribution in [0.1, 0.15) is 49.7 Å². The Morgan fingerprint density at radius 2 is 1.92 bits per heavy atom. The second-order valence-electron chi connectivity index (χ2n) is 7.26. The van der Waals surface area contributed by atoms with E-state index in [1.165, 1.54) is 11.3 Å². The van der Waals surface area contributed by atoms with Crippen molar-refractivity contribution in [1.29, 1.82) is 0 Å². The first kappa shape index (κ1) is 20.1. The second-order valence-corrected chi connectivity index (χ2v) is 8.21. The lowest BCUT2D eigenvalue weighted by atomic mass is 10.0. The van der Waals surface area contributed by atoms with E-state index in [4.69, 9.17) is 0 Å². The van der Waals surface area contributed by atoms with Crippen molar-refractivity contribution in [3.63, 3.8) is 0 Å². The lowest BCUT2D eigenvalue weighted by molar-refractivity contribution is -0.121. The summed E-state index contributed by atoms with van der Waals surface area (Å²) in [6, 6.07) is 3.72. The van der Waals surface area contributed by atoms with Crippen LogP contribution < -0.4 is 5.32 Å². The summed E-state index contributed by atoms with van der Waals surface area (Å²) in [5.74, 6) is 0.177. The van der Waals surface area contributed by atoms with E-state index in [0.717, 1.165) is 37.6 Å². The number of carbonyl (C=O) groups excluding carboxylic acids is 2. The van der Waals surface area contributed by atoms with E-state index in [2.05, 4.69) is 35.9 Å². The van der Waals surface area contributed by atoms with Crippen molar-refractivity contribution in [3.8, 4) is 0 Å². The van der Waals surface area contributed by atoms with Crippen LogP contribution in [0.25, 0.3) is 0 Å². The molecule has 0 atom stereocenters. The van der Waals surface area contributed by atoms with Crippen molar-refractivity contribution < 1.29 is 9.59 Å². The number of amides is 1. The van der Waals surface area contributed by atoms with Crippen LogP contribution in [0.2, 0.25) is 0 Å². The molecule has 5 nitrogen and oxygen atoms in total. The number of Topliss-reactive ketones (excluding diaryl/α,β-unsaturated/α-hetero) is 1. The van der Waals surface area contributed by atoms with E-state index in [-0.39, 0.29) is 17.2 Å². The lowest BCUT2D eigenvalue weighted by Gasteiger charge is -2.44. The molecule has 1 aromatic heterocycles. The van der Waals surface area contributed by atoms with Crippen LogP contribution in [0.5, 0.6) is 0 Å². The number of rotatable bonds is 9. The molecule has 2 heterocycles. The van der Waals surface area contributed by atoms with Gasteiger partial charge in [-0.05, 0) is 38.3 Å². The number of nitrogens with one attached hydrogen (secondary N) is 1. The van der Waals surface area contributed by atoms with E-state index in [1.807, 2.05) is 17.5 Å². The standard InChI is InChI=1S/C19H31N3O2S/c1-4-21-10-12-22(13-11-21)19(2,3)15-20-18(24)9-5-7-16(23)17-8-6-14-25-17/h6,8,14H,4-5,7,9-13,15H2,1-3H3,(H,20,24). The van der Waals surface area contributed by atoms with Gasteiger partial charge in [0.15, 0.2) is 5.78 Å². The molecule has 0 spiro atoms. The van der Waals surface area contributed by atoms with Crippen molar-refractivity contribution in [2.45, 2.75) is 45.6 Å². The molecule has 0 unspecified atom stereocenters. The summed E-state index contributed by atoms with van der Waals surface area (Å²) >= 11 is 1.46. The monoisotopic (exact) mass is 365 g/mol. The number of thiophene rings is 1. The third kappa shape index (κ3) is 6.20. The molecule has 2 rings (SSSR count). The molecule has 1 aliphatic rings. The van der Waals surface area contributed by atoms with Crippen molar-refractivity contribution in [1.82, 2.24) is 15.1 Å². The fourth-order valence-corrected chi connectivity index (χ4v) is 3.85. The first-order valence-corrected chi connectivity index (χ1v) is 10.1. The molecular weight excluding hydrogens is 334 g/mol. The third-order valence-electron chi connectivity index (χ3n) is 5.00. The zero-order chi connectivity index (χ0) is 18.3. The maximum Gasteiger partial charge on any atom is 0.220 e. The highest BCUT2D eigenvalue weighted by atomic mass is 32.1. The average Bonchev–Trinajstić information content (AvgIpc) is 3.15. The van der Waals surface area contributed by atoms with Gasteiger partial charge in [0.05, 0.1) is 4.88 Å². The number of hydrogen-bond donors (Lipinski definition) is 1. The van der Waals surface area contributed by atoms with Gasteiger partial charge in [-0.15, -0.1) is 11.3 Å². The summed E-state index contributed by atoms with van der Waals surface area (Å²) in [5, 5.41) is 4.96. The van der Waals surface area contributed by atoms with Crippen LogP contribution in [-0.4, -0.2) is 66.3 Å². The zero-order valence-electron chi connectivity index (χ0n) is 15.7. The van der Waals surface area contributed by atoms with Gasteiger partial charge in [-0.2, -0.15) is 0 Å². The van der Waals surface area contributed by atoms with Crippen LogP contribution in [0, 0.1) is 0 Å². The third-order valence-corrected chi connectivity index (χ3v) is 5.91. The summed E-state index contributed by atoms with van der Waals surface area (Å²) in [6.45, 7) is 12.6. The fourth-order valence-electron chi connectivity index (χ4n) is 3.15. The Morgan fingerprint density at radius 3 is 2.52 bits per heavy atom. The Hall–Kier alpha value is -1.24. The largest absolute Gasteiger partial charge is 0.354 e. The van der Waals surface area contributed by atoms with Crippen molar-refractivity contribution in [2.75, 3.05) is 39.3 Å². The molecule has 0 saturated carbocycles. The van der Waals surface area contributed by atoms with Crippen molar-refractivity contribution >= 4 is 23.0 Å². The molecule has 1 aromatic rings. The first-order chi connectivity index (χ1) is 11.9.